The third-order valence-electron chi connectivity index (χ3n) is 2.19. The molecule has 2 nitrogen and oxygen atoms in total. The summed E-state index contributed by atoms with van der Waals surface area (Å²) >= 11 is 0. The van der Waals surface area contributed by atoms with Crippen molar-refractivity contribution in [1.29, 1.82) is 0 Å². The number of benzene rings is 1. The fourth-order valence-electron chi connectivity index (χ4n) is 1.42. The molecule has 2 heteroatoms. The van der Waals surface area contributed by atoms with Crippen LogP contribution in [0.4, 0.5) is 0 Å². The molecule has 1 saturated heterocycles. The predicted molar refractivity (Wildman–Crippen MR) is 56.3 cm³/mol. The highest BCUT2D eigenvalue weighted by atomic mass is 16.5. The van der Waals surface area contributed by atoms with E-state index in [9.17, 15) is 0 Å². The smallest absolute Gasteiger partial charge is 0.133 e. The molecule has 0 bridgehead atoms. The number of para-hydroxylation sites is 1. The molecule has 0 unspecified atom stereocenters. The molecule has 0 spiro atoms. The largest absolute Gasteiger partial charge is 0.464 e. The van der Waals surface area contributed by atoms with E-state index in [-0.39, 0.29) is 0 Å². The van der Waals surface area contributed by atoms with Crippen molar-refractivity contribution in [3.63, 3.8) is 0 Å². The van der Waals surface area contributed by atoms with Gasteiger partial charge in [-0.2, -0.15) is 0 Å². The minimum atomic E-state index is 0.956. The molecule has 0 N–H and O–H groups in total. The molecule has 14 heavy (non-hydrogen) atoms. The maximum atomic E-state index is 5.12. The molecule has 3 rings (SSSR count). The van der Waals surface area contributed by atoms with Gasteiger partial charge in [0.05, 0.1) is 6.26 Å². The molecular weight excluding hydrogens is 176 g/mol. The lowest BCUT2D eigenvalue weighted by molar-refractivity contribution is 0.198. The summed E-state index contributed by atoms with van der Waals surface area (Å²) < 4.78 is 10.1. The van der Waals surface area contributed by atoms with E-state index in [4.69, 9.17) is 9.15 Å². The first-order valence-corrected chi connectivity index (χ1v) is 4.97. The number of furan rings is 1. The zero-order chi connectivity index (χ0) is 9.64. The van der Waals surface area contributed by atoms with Crippen LogP contribution in [0.5, 0.6) is 0 Å². The van der Waals surface area contributed by atoms with E-state index in [1.807, 2.05) is 30.3 Å². The summed E-state index contributed by atoms with van der Waals surface area (Å²) in [6.45, 7) is 2.00. The van der Waals surface area contributed by atoms with E-state index in [1.54, 1.807) is 6.26 Å². The predicted octanol–water partition coefficient (Wildman–Crippen LogP) is 3.23. The monoisotopic (exact) mass is 190 g/mol. The fraction of sp³-hybridized carbons (Fsp3) is 0.333. The molecule has 0 radical (unpaired) electrons. The van der Waals surface area contributed by atoms with Gasteiger partial charge in [0.15, 0.2) is 0 Å². The molecule has 2 heterocycles. The molecule has 2 aromatic rings. The van der Waals surface area contributed by atoms with Gasteiger partial charge < -0.3 is 9.15 Å². The van der Waals surface area contributed by atoms with Crippen LogP contribution >= 0.6 is 0 Å². The SMILES string of the molecule is C1CCOC1.c1ccc2occc2c1. The standard InChI is InChI=1S/C8H6O.C4H8O/c1-2-4-8-7(3-1)5-6-9-8;1-2-4-5-3-1/h1-6H;1-4H2. The highest BCUT2D eigenvalue weighted by Gasteiger charge is 1.94. The van der Waals surface area contributed by atoms with Gasteiger partial charge >= 0.3 is 0 Å². The Morgan fingerprint density at radius 3 is 2.36 bits per heavy atom. The van der Waals surface area contributed by atoms with Gasteiger partial charge in [0, 0.05) is 18.6 Å². The fourth-order valence-corrected chi connectivity index (χ4v) is 1.42. The molecule has 0 atom stereocenters. The van der Waals surface area contributed by atoms with E-state index >= 15 is 0 Å². The lowest BCUT2D eigenvalue weighted by atomic mass is 10.3. The second-order valence-electron chi connectivity index (χ2n) is 3.28. The van der Waals surface area contributed by atoms with Gasteiger partial charge in [-0.15, -0.1) is 0 Å². The van der Waals surface area contributed by atoms with Crippen molar-refractivity contribution < 1.29 is 9.15 Å². The molecule has 0 amide bonds. The Morgan fingerprint density at radius 2 is 1.71 bits per heavy atom. The third kappa shape index (κ3) is 2.36. The van der Waals surface area contributed by atoms with Crippen molar-refractivity contribution >= 4 is 11.0 Å². The maximum Gasteiger partial charge on any atom is 0.133 e. The second-order valence-corrected chi connectivity index (χ2v) is 3.28. The van der Waals surface area contributed by atoms with Crippen LogP contribution in [0.1, 0.15) is 12.8 Å². The number of rotatable bonds is 0. The van der Waals surface area contributed by atoms with E-state index in [0.29, 0.717) is 0 Å². The Balaban J connectivity index is 0.000000128. The average Bonchev–Trinajstić information content (AvgIpc) is 2.92. The van der Waals surface area contributed by atoms with Crippen molar-refractivity contribution in [3.8, 4) is 0 Å². The lowest BCUT2D eigenvalue weighted by Crippen LogP contribution is -1.74. The maximum absolute atomic E-state index is 5.12. The lowest BCUT2D eigenvalue weighted by Gasteiger charge is -1.81. The molecule has 74 valence electrons. The van der Waals surface area contributed by atoms with Crippen LogP contribution in [0.3, 0.4) is 0 Å². The number of ether oxygens (including phenoxy) is 1. The Bertz CT molecular complexity index is 337. The van der Waals surface area contributed by atoms with Gasteiger partial charge in [-0.05, 0) is 25.0 Å². The van der Waals surface area contributed by atoms with Crippen LogP contribution < -0.4 is 0 Å². The van der Waals surface area contributed by atoms with Gasteiger partial charge in [0.2, 0.25) is 0 Å². The van der Waals surface area contributed by atoms with Crippen LogP contribution in [0.2, 0.25) is 0 Å². The van der Waals surface area contributed by atoms with Crippen LogP contribution in [-0.2, 0) is 4.74 Å². The quantitative estimate of drug-likeness (QED) is 0.636. The minimum absolute atomic E-state index is 0.956. The van der Waals surface area contributed by atoms with Crippen LogP contribution in [-0.4, -0.2) is 13.2 Å². The van der Waals surface area contributed by atoms with Gasteiger partial charge in [-0.3, -0.25) is 0 Å². The van der Waals surface area contributed by atoms with E-state index < -0.39 is 0 Å². The number of hydrogen-bond donors (Lipinski definition) is 0. The Hall–Kier alpha value is -1.28. The van der Waals surface area contributed by atoms with Gasteiger partial charge in [-0.25, -0.2) is 0 Å². The Kier molecular flexibility index (Phi) is 3.19. The minimum Gasteiger partial charge on any atom is -0.464 e. The van der Waals surface area contributed by atoms with E-state index in [2.05, 4.69) is 0 Å². The summed E-state index contributed by atoms with van der Waals surface area (Å²) in [6, 6.07) is 9.90. The average molecular weight is 190 g/mol. The summed E-state index contributed by atoms with van der Waals surface area (Å²) in [6.07, 6.45) is 4.25. The zero-order valence-corrected chi connectivity index (χ0v) is 8.11. The second kappa shape index (κ2) is 4.82. The number of hydrogen-bond acceptors (Lipinski definition) is 2. The first kappa shape index (κ1) is 9.28. The zero-order valence-electron chi connectivity index (χ0n) is 8.11. The van der Waals surface area contributed by atoms with Gasteiger partial charge in [-0.1, -0.05) is 18.2 Å². The van der Waals surface area contributed by atoms with Crippen molar-refractivity contribution in [2.24, 2.45) is 0 Å². The summed E-state index contributed by atoms with van der Waals surface area (Å²) in [4.78, 5) is 0. The van der Waals surface area contributed by atoms with Crippen molar-refractivity contribution in [3.05, 3.63) is 36.6 Å². The summed E-state index contributed by atoms with van der Waals surface area (Å²) in [5, 5.41) is 1.16. The van der Waals surface area contributed by atoms with Crippen LogP contribution in [0, 0.1) is 0 Å². The summed E-state index contributed by atoms with van der Waals surface area (Å²) in [5.41, 5.74) is 0.956. The highest BCUT2D eigenvalue weighted by molar-refractivity contribution is 5.76. The van der Waals surface area contributed by atoms with Crippen LogP contribution in [0.15, 0.2) is 41.0 Å². The first-order chi connectivity index (χ1) is 6.97. The van der Waals surface area contributed by atoms with E-state index in [0.717, 1.165) is 24.2 Å². The Labute approximate surface area is 83.5 Å². The molecule has 1 fully saturated rings. The molecular formula is C12H14O2. The molecule has 1 aromatic carbocycles. The molecule has 1 aliphatic heterocycles. The molecule has 1 aromatic heterocycles. The van der Waals surface area contributed by atoms with E-state index in [1.165, 1.54) is 12.8 Å². The van der Waals surface area contributed by atoms with Gasteiger partial charge in [0.1, 0.15) is 5.58 Å². The topological polar surface area (TPSA) is 22.4 Å². The van der Waals surface area contributed by atoms with Crippen molar-refractivity contribution in [1.82, 2.24) is 0 Å². The van der Waals surface area contributed by atoms with Gasteiger partial charge in [0.25, 0.3) is 0 Å². The molecule has 0 saturated carbocycles. The Morgan fingerprint density at radius 1 is 0.929 bits per heavy atom. The van der Waals surface area contributed by atoms with Crippen molar-refractivity contribution in [2.75, 3.05) is 13.2 Å². The number of fused-ring (bicyclic) bond motifs is 1. The molecule has 1 aliphatic rings. The summed E-state index contributed by atoms with van der Waals surface area (Å²) in [7, 11) is 0. The summed E-state index contributed by atoms with van der Waals surface area (Å²) in [5.74, 6) is 0. The molecule has 0 aliphatic carbocycles. The highest BCUT2D eigenvalue weighted by Crippen LogP contribution is 2.12. The third-order valence-corrected chi connectivity index (χ3v) is 2.19. The normalized spacial score (nSPS) is 15.1. The van der Waals surface area contributed by atoms with Crippen LogP contribution in [0.25, 0.3) is 11.0 Å². The van der Waals surface area contributed by atoms with Crippen molar-refractivity contribution in [2.45, 2.75) is 12.8 Å². The first-order valence-electron chi connectivity index (χ1n) is 4.97.